The van der Waals surface area contributed by atoms with E-state index in [0.29, 0.717) is 6.04 Å². The maximum atomic E-state index is 5.78. The maximum Gasteiger partial charge on any atom is 0.118 e. The van der Waals surface area contributed by atoms with Gasteiger partial charge in [0.1, 0.15) is 11.5 Å². The van der Waals surface area contributed by atoms with Crippen molar-refractivity contribution in [2.24, 2.45) is 5.92 Å². The van der Waals surface area contributed by atoms with Crippen LogP contribution >= 0.6 is 11.8 Å². The summed E-state index contributed by atoms with van der Waals surface area (Å²) >= 11 is 1.79. The van der Waals surface area contributed by atoms with Crippen molar-refractivity contribution < 1.29 is 4.42 Å². The van der Waals surface area contributed by atoms with E-state index in [0.717, 1.165) is 36.3 Å². The number of furan rings is 1. The SMILES string of the molecule is CCC(CC)C(CNCc1ccc(CSC)o1)N(C)C. The van der Waals surface area contributed by atoms with Crippen LogP contribution in [0.15, 0.2) is 16.5 Å². The number of hydrogen-bond donors (Lipinski definition) is 1. The van der Waals surface area contributed by atoms with Crippen LogP contribution in [-0.4, -0.2) is 37.8 Å². The van der Waals surface area contributed by atoms with Crippen molar-refractivity contribution in [1.82, 2.24) is 10.2 Å². The quantitative estimate of drug-likeness (QED) is 0.714. The summed E-state index contributed by atoms with van der Waals surface area (Å²) in [5.74, 6) is 3.81. The molecule has 4 heteroatoms. The van der Waals surface area contributed by atoms with Crippen molar-refractivity contribution in [3.8, 4) is 0 Å². The molecule has 1 atom stereocenters. The van der Waals surface area contributed by atoms with E-state index in [4.69, 9.17) is 4.42 Å². The number of rotatable bonds is 10. The molecule has 0 aliphatic heterocycles. The van der Waals surface area contributed by atoms with Gasteiger partial charge in [-0.2, -0.15) is 11.8 Å². The molecule has 0 amide bonds. The second kappa shape index (κ2) is 9.48. The lowest BCUT2D eigenvalue weighted by Crippen LogP contribution is -2.42. The summed E-state index contributed by atoms with van der Waals surface area (Å²) in [6, 6.07) is 4.75. The molecule has 1 unspecified atom stereocenters. The predicted molar refractivity (Wildman–Crippen MR) is 89.2 cm³/mol. The van der Waals surface area contributed by atoms with Crippen molar-refractivity contribution in [1.29, 1.82) is 0 Å². The molecule has 1 N–H and O–H groups in total. The molecule has 0 fully saturated rings. The first-order chi connectivity index (χ1) is 9.62. The summed E-state index contributed by atoms with van der Waals surface area (Å²) in [6.07, 6.45) is 4.57. The minimum atomic E-state index is 0.589. The number of thioether (sulfide) groups is 1. The Morgan fingerprint density at radius 2 is 1.85 bits per heavy atom. The topological polar surface area (TPSA) is 28.4 Å². The fourth-order valence-electron chi connectivity index (χ4n) is 2.68. The van der Waals surface area contributed by atoms with Gasteiger partial charge in [-0.3, -0.25) is 0 Å². The van der Waals surface area contributed by atoms with Crippen LogP contribution in [0.25, 0.3) is 0 Å². The summed E-state index contributed by atoms with van der Waals surface area (Å²) in [7, 11) is 4.35. The standard InChI is InChI=1S/C16H30N2OS/c1-6-13(7-2)16(18(3)4)11-17-10-14-8-9-15(19-14)12-20-5/h8-9,13,16-17H,6-7,10-12H2,1-5H3. The summed E-state index contributed by atoms with van der Waals surface area (Å²) < 4.78 is 5.78. The molecule has 116 valence electrons. The molecule has 1 rings (SSSR count). The number of likely N-dealkylation sites (N-methyl/N-ethyl adjacent to an activating group) is 1. The van der Waals surface area contributed by atoms with Crippen molar-refractivity contribution in [2.75, 3.05) is 26.9 Å². The van der Waals surface area contributed by atoms with E-state index < -0.39 is 0 Å². The third-order valence-corrected chi connectivity index (χ3v) is 4.49. The third-order valence-electron chi connectivity index (χ3n) is 3.91. The maximum absolute atomic E-state index is 5.78. The van der Waals surface area contributed by atoms with Crippen LogP contribution in [0.4, 0.5) is 0 Å². The van der Waals surface area contributed by atoms with E-state index in [1.165, 1.54) is 12.8 Å². The van der Waals surface area contributed by atoms with Gasteiger partial charge in [0.25, 0.3) is 0 Å². The summed E-state index contributed by atoms with van der Waals surface area (Å²) in [4.78, 5) is 2.34. The summed E-state index contributed by atoms with van der Waals surface area (Å²) in [6.45, 7) is 6.40. The summed E-state index contributed by atoms with van der Waals surface area (Å²) in [5.41, 5.74) is 0. The first kappa shape index (κ1) is 17.6. The van der Waals surface area contributed by atoms with Crippen LogP contribution < -0.4 is 5.32 Å². The fraction of sp³-hybridized carbons (Fsp3) is 0.750. The zero-order chi connectivity index (χ0) is 15.0. The minimum absolute atomic E-state index is 0.589. The molecule has 3 nitrogen and oxygen atoms in total. The molecule has 0 aliphatic rings. The molecule has 0 saturated heterocycles. The molecule has 0 bridgehead atoms. The molecule has 0 saturated carbocycles. The first-order valence-electron chi connectivity index (χ1n) is 7.55. The normalized spacial score (nSPS) is 13.3. The van der Waals surface area contributed by atoms with Crippen molar-refractivity contribution >= 4 is 11.8 Å². The van der Waals surface area contributed by atoms with Crippen molar-refractivity contribution in [2.45, 2.75) is 45.0 Å². The van der Waals surface area contributed by atoms with Gasteiger partial charge >= 0.3 is 0 Å². The van der Waals surface area contributed by atoms with Gasteiger partial charge in [-0.1, -0.05) is 26.7 Å². The van der Waals surface area contributed by atoms with E-state index >= 15 is 0 Å². The average molecular weight is 298 g/mol. The number of nitrogens with one attached hydrogen (secondary N) is 1. The Bertz CT molecular complexity index is 361. The van der Waals surface area contributed by atoms with Gasteiger partial charge in [0.15, 0.2) is 0 Å². The van der Waals surface area contributed by atoms with Crippen LogP contribution in [0.3, 0.4) is 0 Å². The van der Waals surface area contributed by atoms with Crippen LogP contribution in [0.2, 0.25) is 0 Å². The Morgan fingerprint density at radius 1 is 1.20 bits per heavy atom. The second-order valence-corrected chi connectivity index (χ2v) is 6.41. The lowest BCUT2D eigenvalue weighted by Gasteiger charge is -2.31. The van der Waals surface area contributed by atoms with Crippen molar-refractivity contribution in [3.05, 3.63) is 23.7 Å². The van der Waals surface area contributed by atoms with Gasteiger partial charge in [0.05, 0.1) is 12.3 Å². The first-order valence-corrected chi connectivity index (χ1v) is 8.95. The zero-order valence-electron chi connectivity index (χ0n) is 13.6. The van der Waals surface area contributed by atoms with E-state index in [-0.39, 0.29) is 0 Å². The molecule has 1 heterocycles. The second-order valence-electron chi connectivity index (χ2n) is 5.54. The van der Waals surface area contributed by atoms with Gasteiger partial charge in [0.2, 0.25) is 0 Å². The molecule has 0 aromatic carbocycles. The summed E-state index contributed by atoms with van der Waals surface area (Å²) in [5, 5.41) is 3.55. The largest absolute Gasteiger partial charge is 0.464 e. The van der Waals surface area contributed by atoms with Crippen molar-refractivity contribution in [3.63, 3.8) is 0 Å². The van der Waals surface area contributed by atoms with Gasteiger partial charge in [0, 0.05) is 12.6 Å². The van der Waals surface area contributed by atoms with E-state index in [9.17, 15) is 0 Å². The van der Waals surface area contributed by atoms with Crippen LogP contribution in [0, 0.1) is 5.92 Å². The average Bonchev–Trinajstić information content (AvgIpc) is 2.86. The van der Waals surface area contributed by atoms with Gasteiger partial charge < -0.3 is 14.6 Å². The van der Waals surface area contributed by atoms with Crippen LogP contribution in [0.5, 0.6) is 0 Å². The Kier molecular flexibility index (Phi) is 8.34. The molecule has 0 aliphatic carbocycles. The molecule has 0 radical (unpaired) electrons. The lowest BCUT2D eigenvalue weighted by atomic mass is 9.93. The number of hydrogen-bond acceptors (Lipinski definition) is 4. The lowest BCUT2D eigenvalue weighted by molar-refractivity contribution is 0.193. The van der Waals surface area contributed by atoms with Crippen LogP contribution in [0.1, 0.15) is 38.2 Å². The smallest absolute Gasteiger partial charge is 0.118 e. The minimum Gasteiger partial charge on any atom is -0.464 e. The molecular weight excluding hydrogens is 268 g/mol. The highest BCUT2D eigenvalue weighted by Gasteiger charge is 2.20. The van der Waals surface area contributed by atoms with E-state index in [1.54, 1.807) is 11.8 Å². The Hall–Kier alpha value is -0.450. The molecule has 1 aromatic rings. The van der Waals surface area contributed by atoms with E-state index in [1.807, 2.05) is 0 Å². The van der Waals surface area contributed by atoms with Crippen LogP contribution in [-0.2, 0) is 12.3 Å². The molecule has 0 spiro atoms. The Labute approximate surface area is 128 Å². The molecule has 1 aromatic heterocycles. The Morgan fingerprint density at radius 3 is 2.40 bits per heavy atom. The number of nitrogens with zero attached hydrogens (tertiary/aromatic N) is 1. The monoisotopic (exact) mass is 298 g/mol. The van der Waals surface area contributed by atoms with E-state index in [2.05, 4.69) is 56.5 Å². The highest BCUT2D eigenvalue weighted by Crippen LogP contribution is 2.17. The fourth-order valence-corrected chi connectivity index (χ4v) is 3.12. The van der Waals surface area contributed by atoms with Gasteiger partial charge in [-0.25, -0.2) is 0 Å². The van der Waals surface area contributed by atoms with Gasteiger partial charge in [-0.05, 0) is 38.4 Å². The molecular formula is C16H30N2OS. The highest BCUT2D eigenvalue weighted by molar-refractivity contribution is 7.97. The van der Waals surface area contributed by atoms with Gasteiger partial charge in [-0.15, -0.1) is 0 Å². The predicted octanol–water partition coefficient (Wildman–Crippen LogP) is 3.60. The highest BCUT2D eigenvalue weighted by atomic mass is 32.2. The molecule has 20 heavy (non-hydrogen) atoms. The zero-order valence-corrected chi connectivity index (χ0v) is 14.4. The Balaban J connectivity index is 2.43. The third kappa shape index (κ3) is 5.51.